The number of amides is 3. The van der Waals surface area contributed by atoms with Crippen LogP contribution in [-0.2, 0) is 19.1 Å². The molecule has 3 fully saturated rings. The number of carbonyl (C=O) groups excluding carboxylic acids is 4. The van der Waals surface area contributed by atoms with Gasteiger partial charge in [-0.2, -0.15) is 0 Å². The zero-order valence-corrected chi connectivity index (χ0v) is 17.9. The van der Waals surface area contributed by atoms with Gasteiger partial charge in [0.15, 0.2) is 0 Å². The lowest BCUT2D eigenvalue weighted by molar-refractivity contribution is -0.136. The van der Waals surface area contributed by atoms with E-state index in [1.54, 1.807) is 31.2 Å². The molecule has 0 aromatic heterocycles. The Morgan fingerprint density at radius 1 is 1.00 bits per heavy atom. The van der Waals surface area contributed by atoms with Gasteiger partial charge in [0.25, 0.3) is 5.91 Å². The molecule has 3 saturated heterocycles. The molecule has 1 aromatic carbocycles. The van der Waals surface area contributed by atoms with E-state index in [4.69, 9.17) is 4.74 Å². The summed E-state index contributed by atoms with van der Waals surface area (Å²) in [5, 5.41) is 0. The molecule has 166 valence electrons. The lowest BCUT2D eigenvalue weighted by Gasteiger charge is -2.35. The summed E-state index contributed by atoms with van der Waals surface area (Å²) in [6, 6.07) is 5.85. The Kier molecular flexibility index (Phi) is 6.36. The molecule has 1 aromatic rings. The van der Waals surface area contributed by atoms with Gasteiger partial charge in [-0.3, -0.25) is 19.3 Å². The first-order chi connectivity index (χ1) is 15.0. The molecule has 31 heavy (non-hydrogen) atoms. The summed E-state index contributed by atoms with van der Waals surface area (Å²) >= 11 is 0. The third kappa shape index (κ3) is 4.35. The van der Waals surface area contributed by atoms with Crippen molar-refractivity contribution in [3.63, 3.8) is 0 Å². The minimum absolute atomic E-state index is 0.0214. The summed E-state index contributed by atoms with van der Waals surface area (Å²) in [4.78, 5) is 55.4. The van der Waals surface area contributed by atoms with Crippen molar-refractivity contribution in [2.45, 2.75) is 45.1 Å². The van der Waals surface area contributed by atoms with Crippen LogP contribution in [0.2, 0.25) is 0 Å². The van der Waals surface area contributed by atoms with Crippen molar-refractivity contribution in [2.24, 2.45) is 5.92 Å². The van der Waals surface area contributed by atoms with Crippen LogP contribution < -0.4 is 4.90 Å². The van der Waals surface area contributed by atoms with E-state index in [9.17, 15) is 19.2 Å². The fraction of sp³-hybridized carbons (Fsp3) is 0.565. The second-order valence-electron chi connectivity index (χ2n) is 8.40. The minimum atomic E-state index is -0.486. The highest BCUT2D eigenvalue weighted by molar-refractivity contribution is 6.22. The number of nitrogens with zero attached hydrogens (tertiary/aromatic N) is 3. The Balaban J connectivity index is 1.37. The van der Waals surface area contributed by atoms with E-state index in [-0.39, 0.29) is 36.7 Å². The molecule has 0 aliphatic carbocycles. The quantitative estimate of drug-likeness (QED) is 0.526. The van der Waals surface area contributed by atoms with Gasteiger partial charge in [-0.05, 0) is 70.0 Å². The molecule has 3 aliphatic rings. The highest BCUT2D eigenvalue weighted by Gasteiger charge is 2.44. The van der Waals surface area contributed by atoms with E-state index in [1.807, 2.05) is 9.80 Å². The highest BCUT2D eigenvalue weighted by Crippen LogP contribution is 2.30. The van der Waals surface area contributed by atoms with E-state index >= 15 is 0 Å². The van der Waals surface area contributed by atoms with E-state index < -0.39 is 12.0 Å². The summed E-state index contributed by atoms with van der Waals surface area (Å²) < 4.78 is 4.97. The van der Waals surface area contributed by atoms with Crippen molar-refractivity contribution in [2.75, 3.05) is 37.7 Å². The van der Waals surface area contributed by atoms with Crippen LogP contribution in [0.3, 0.4) is 0 Å². The number of piperidine rings is 1. The number of likely N-dealkylation sites (tertiary alicyclic amines) is 2. The number of benzene rings is 1. The SMILES string of the molecule is CCOC(=O)c1ccc(N2C(=O)C[C@H](N3CCC(C(=O)N4CCCC4)CC3)C2=O)cc1. The van der Waals surface area contributed by atoms with Gasteiger partial charge >= 0.3 is 5.97 Å². The number of carbonyl (C=O) groups is 4. The second-order valence-corrected chi connectivity index (χ2v) is 8.40. The normalized spacial score (nSPS) is 22.9. The van der Waals surface area contributed by atoms with Gasteiger partial charge in [0.05, 0.1) is 30.3 Å². The average molecular weight is 428 g/mol. The first-order valence-electron chi connectivity index (χ1n) is 11.2. The van der Waals surface area contributed by atoms with E-state index in [0.717, 1.165) is 38.8 Å². The van der Waals surface area contributed by atoms with Gasteiger partial charge in [-0.1, -0.05) is 0 Å². The van der Waals surface area contributed by atoms with Gasteiger partial charge in [-0.25, -0.2) is 9.69 Å². The molecule has 0 spiro atoms. The van der Waals surface area contributed by atoms with Crippen LogP contribution in [0.4, 0.5) is 5.69 Å². The fourth-order valence-electron chi connectivity index (χ4n) is 4.79. The number of anilines is 1. The monoisotopic (exact) mass is 427 g/mol. The Morgan fingerprint density at radius 3 is 2.26 bits per heavy atom. The van der Waals surface area contributed by atoms with Crippen LogP contribution in [0, 0.1) is 5.92 Å². The molecule has 0 N–H and O–H groups in total. The maximum Gasteiger partial charge on any atom is 0.338 e. The fourth-order valence-corrected chi connectivity index (χ4v) is 4.79. The van der Waals surface area contributed by atoms with Crippen LogP contribution in [0.5, 0.6) is 0 Å². The standard InChI is InChI=1S/C23H29N3O5/c1-2-31-23(30)17-5-7-18(8-6-17)26-20(27)15-19(22(26)29)24-13-9-16(10-14-24)21(28)25-11-3-4-12-25/h5-8,16,19H,2-4,9-15H2,1H3/t19-/m0/s1. The molecular formula is C23H29N3O5. The maximum atomic E-state index is 13.1. The molecule has 3 heterocycles. The Morgan fingerprint density at radius 2 is 1.65 bits per heavy atom. The third-order valence-electron chi connectivity index (χ3n) is 6.50. The van der Waals surface area contributed by atoms with Gasteiger partial charge in [0.2, 0.25) is 11.8 Å². The summed E-state index contributed by atoms with van der Waals surface area (Å²) in [5.74, 6) is -0.646. The number of hydrogen-bond donors (Lipinski definition) is 0. The molecule has 0 radical (unpaired) electrons. The van der Waals surface area contributed by atoms with Crippen LogP contribution in [0.25, 0.3) is 0 Å². The molecule has 3 aliphatic heterocycles. The Bertz CT molecular complexity index is 854. The molecule has 1 atom stereocenters. The Labute approximate surface area is 182 Å². The van der Waals surface area contributed by atoms with Crippen molar-refractivity contribution in [1.82, 2.24) is 9.80 Å². The van der Waals surface area contributed by atoms with Gasteiger partial charge < -0.3 is 9.64 Å². The number of ether oxygens (including phenoxy) is 1. The van der Waals surface area contributed by atoms with Gasteiger partial charge in [-0.15, -0.1) is 0 Å². The highest BCUT2D eigenvalue weighted by atomic mass is 16.5. The molecule has 8 heteroatoms. The van der Waals surface area contributed by atoms with E-state index in [0.29, 0.717) is 24.3 Å². The summed E-state index contributed by atoms with van der Waals surface area (Å²) in [6.07, 6.45) is 3.76. The van der Waals surface area contributed by atoms with Crippen molar-refractivity contribution < 1.29 is 23.9 Å². The van der Waals surface area contributed by atoms with E-state index in [2.05, 4.69) is 0 Å². The molecule has 3 amide bonds. The Hall–Kier alpha value is -2.74. The number of rotatable bonds is 5. The summed E-state index contributed by atoms with van der Waals surface area (Å²) in [6.45, 7) is 5.02. The number of esters is 1. The largest absolute Gasteiger partial charge is 0.462 e. The zero-order chi connectivity index (χ0) is 22.0. The van der Waals surface area contributed by atoms with Crippen LogP contribution in [0.1, 0.15) is 49.4 Å². The third-order valence-corrected chi connectivity index (χ3v) is 6.50. The molecular weight excluding hydrogens is 398 g/mol. The molecule has 0 saturated carbocycles. The lowest BCUT2D eigenvalue weighted by atomic mass is 9.94. The topological polar surface area (TPSA) is 87.2 Å². The van der Waals surface area contributed by atoms with Gasteiger partial charge in [0.1, 0.15) is 0 Å². The molecule has 8 nitrogen and oxygen atoms in total. The second kappa shape index (κ2) is 9.18. The van der Waals surface area contributed by atoms with E-state index in [1.165, 1.54) is 4.90 Å². The summed E-state index contributed by atoms with van der Waals surface area (Å²) in [5.41, 5.74) is 0.843. The zero-order valence-electron chi connectivity index (χ0n) is 17.9. The molecule has 0 unspecified atom stereocenters. The van der Waals surface area contributed by atoms with Crippen molar-refractivity contribution in [1.29, 1.82) is 0 Å². The average Bonchev–Trinajstić information content (AvgIpc) is 3.42. The predicted molar refractivity (Wildman–Crippen MR) is 113 cm³/mol. The number of hydrogen-bond acceptors (Lipinski definition) is 6. The van der Waals surface area contributed by atoms with Crippen LogP contribution in [0.15, 0.2) is 24.3 Å². The predicted octanol–water partition coefficient (Wildman–Crippen LogP) is 1.83. The minimum Gasteiger partial charge on any atom is -0.462 e. The first-order valence-corrected chi connectivity index (χ1v) is 11.2. The van der Waals surface area contributed by atoms with Crippen LogP contribution >= 0.6 is 0 Å². The van der Waals surface area contributed by atoms with Gasteiger partial charge in [0, 0.05) is 19.0 Å². The molecule has 0 bridgehead atoms. The molecule has 4 rings (SSSR count). The first kappa shape index (κ1) is 21.5. The van der Waals surface area contributed by atoms with Crippen LogP contribution in [-0.4, -0.2) is 72.3 Å². The maximum absolute atomic E-state index is 13.1. The number of imide groups is 1. The van der Waals surface area contributed by atoms with Crippen molar-refractivity contribution in [3.05, 3.63) is 29.8 Å². The van der Waals surface area contributed by atoms with Crippen molar-refractivity contribution >= 4 is 29.4 Å². The van der Waals surface area contributed by atoms with Crippen molar-refractivity contribution in [3.8, 4) is 0 Å². The smallest absolute Gasteiger partial charge is 0.338 e. The lowest BCUT2D eigenvalue weighted by Crippen LogP contribution is -2.48. The summed E-state index contributed by atoms with van der Waals surface area (Å²) in [7, 11) is 0.